The number of carbonyl (C=O) groups is 6. The third kappa shape index (κ3) is 8.65. The number of ether oxygens (including phenoxy) is 2. The quantitative estimate of drug-likeness (QED) is 0.139. The van der Waals surface area contributed by atoms with Crippen LogP contribution in [0.15, 0.2) is 109 Å². The Labute approximate surface area is 337 Å². The molecule has 6 rings (SSSR count). The van der Waals surface area contributed by atoms with Crippen molar-refractivity contribution < 1.29 is 38.2 Å². The fourth-order valence-electron chi connectivity index (χ4n) is 7.66. The highest BCUT2D eigenvalue weighted by Gasteiger charge is 2.49. The molecule has 2 aliphatic heterocycles. The predicted molar refractivity (Wildman–Crippen MR) is 217 cm³/mol. The Bertz CT molecular complexity index is 1980. The van der Waals surface area contributed by atoms with E-state index in [1.807, 2.05) is 36.4 Å². The smallest absolute Gasteiger partial charge is 0.407 e. The molecule has 0 saturated carbocycles. The molecule has 2 heterocycles. The lowest BCUT2D eigenvalue weighted by molar-refractivity contribution is -0.143. The molecule has 14 nitrogen and oxygen atoms in total. The fourth-order valence-corrected chi connectivity index (χ4v) is 7.66. The Balaban J connectivity index is 1.10. The maximum atomic E-state index is 13.9. The van der Waals surface area contributed by atoms with Gasteiger partial charge in [-0.3, -0.25) is 19.2 Å². The van der Waals surface area contributed by atoms with Gasteiger partial charge in [-0.15, -0.1) is 0 Å². The summed E-state index contributed by atoms with van der Waals surface area (Å²) in [6, 6.07) is 30.2. The van der Waals surface area contributed by atoms with Crippen molar-refractivity contribution in [2.24, 2.45) is 0 Å². The summed E-state index contributed by atoms with van der Waals surface area (Å²) in [5.41, 5.74) is 1.64. The second-order valence-corrected chi connectivity index (χ2v) is 14.8. The summed E-state index contributed by atoms with van der Waals surface area (Å²) in [5, 5.41) is 11.2. The molecule has 6 amide bonds. The molecule has 0 aliphatic carbocycles. The minimum atomic E-state index is -1.16. The summed E-state index contributed by atoms with van der Waals surface area (Å²) < 4.78 is 9.56. The van der Waals surface area contributed by atoms with Crippen LogP contribution in [0.5, 0.6) is 0 Å². The number of nitrogens with zero attached hydrogens (tertiary/aromatic N) is 2. The van der Waals surface area contributed by atoms with Crippen LogP contribution in [-0.2, 0) is 28.7 Å². The van der Waals surface area contributed by atoms with Gasteiger partial charge in [0.2, 0.25) is 11.8 Å². The highest BCUT2D eigenvalue weighted by atomic mass is 16.5. The summed E-state index contributed by atoms with van der Waals surface area (Å²) in [6.45, 7) is 4.16. The van der Waals surface area contributed by atoms with Crippen molar-refractivity contribution in [2.45, 2.75) is 62.7 Å². The van der Waals surface area contributed by atoms with Crippen LogP contribution < -0.4 is 21.3 Å². The van der Waals surface area contributed by atoms with Crippen LogP contribution >= 0.6 is 0 Å². The van der Waals surface area contributed by atoms with Crippen molar-refractivity contribution in [1.82, 2.24) is 20.4 Å². The number of anilines is 2. The molecular weight excluding hydrogens is 741 g/mol. The van der Waals surface area contributed by atoms with Gasteiger partial charge in [-0.25, -0.2) is 9.59 Å². The zero-order chi connectivity index (χ0) is 41.5. The lowest BCUT2D eigenvalue weighted by atomic mass is 9.95. The molecule has 0 radical (unpaired) electrons. The van der Waals surface area contributed by atoms with Gasteiger partial charge in [0, 0.05) is 24.5 Å². The minimum absolute atomic E-state index is 0.345. The van der Waals surface area contributed by atoms with Crippen molar-refractivity contribution in [3.8, 4) is 11.1 Å². The standard InChI is InChI=1S/C44H48N6O8/c1-43(25-11-27-49(43)37(51)35(47-41(55)57-3)31-13-7-5-8-14-31)39(53)45-33-21-17-29(18-22-33)30-19-23-34(24-20-30)46-40(54)44(2)26-12-28-50(44)38(52)36(48-42(56)58-4)32-15-9-6-10-16-32/h5-10,13-24,35-36H,11-12,25-28H2,1-4H3,(H,45,53)(H,46,54)(H,47,55)(H,48,56)/t35-,36-,43+,44+/m1/s1. The van der Waals surface area contributed by atoms with Crippen LogP contribution in [0.2, 0.25) is 0 Å². The van der Waals surface area contributed by atoms with Crippen LogP contribution in [0.1, 0.15) is 62.7 Å². The van der Waals surface area contributed by atoms with Crippen LogP contribution in [0.4, 0.5) is 21.0 Å². The SMILES string of the molecule is COC(=O)N[C@@H](C(=O)N1CCC[C@@]1(C)C(=O)Nc1ccc(-c2ccc(NC(=O)[C@]3(C)CCCN3C(=O)[C@H](NC(=O)OC)c3ccccc3)cc2)cc1)c1ccccc1. The summed E-state index contributed by atoms with van der Waals surface area (Å²) in [7, 11) is 2.45. The molecule has 14 heteroatoms. The van der Waals surface area contributed by atoms with E-state index in [9.17, 15) is 28.8 Å². The lowest BCUT2D eigenvalue weighted by Gasteiger charge is -2.36. The molecule has 4 aromatic rings. The third-order valence-electron chi connectivity index (χ3n) is 11.1. The van der Waals surface area contributed by atoms with Gasteiger partial charge in [0.1, 0.15) is 23.2 Å². The summed E-state index contributed by atoms with van der Waals surface area (Å²) in [6.07, 6.45) is 0.609. The molecule has 2 aliphatic rings. The molecule has 4 aromatic carbocycles. The van der Waals surface area contributed by atoms with Crippen LogP contribution in [0, 0.1) is 0 Å². The highest BCUT2D eigenvalue weighted by Crippen LogP contribution is 2.35. The third-order valence-corrected chi connectivity index (χ3v) is 11.1. The largest absolute Gasteiger partial charge is 0.453 e. The second-order valence-electron chi connectivity index (χ2n) is 14.8. The van der Waals surface area contributed by atoms with E-state index in [-0.39, 0.29) is 11.8 Å². The first-order valence-corrected chi connectivity index (χ1v) is 19.1. The first-order chi connectivity index (χ1) is 27.9. The van der Waals surface area contributed by atoms with Crippen LogP contribution in [-0.4, -0.2) is 84.0 Å². The maximum absolute atomic E-state index is 13.9. The van der Waals surface area contributed by atoms with Gasteiger partial charge in [0.25, 0.3) is 11.8 Å². The summed E-state index contributed by atoms with van der Waals surface area (Å²) >= 11 is 0. The first kappa shape index (κ1) is 40.9. The molecule has 0 spiro atoms. The van der Waals surface area contributed by atoms with Crippen LogP contribution in [0.3, 0.4) is 0 Å². The number of benzene rings is 4. The Hall–Kier alpha value is -6.70. The number of methoxy groups -OCH3 is 2. The van der Waals surface area contributed by atoms with Crippen molar-refractivity contribution >= 4 is 47.2 Å². The maximum Gasteiger partial charge on any atom is 0.407 e. The van der Waals surface area contributed by atoms with E-state index in [4.69, 9.17) is 9.47 Å². The highest BCUT2D eigenvalue weighted by molar-refractivity contribution is 6.03. The number of hydrogen-bond donors (Lipinski definition) is 4. The number of carbonyl (C=O) groups excluding carboxylic acids is 6. The van der Waals surface area contributed by atoms with Crippen LogP contribution in [0.25, 0.3) is 11.1 Å². The van der Waals surface area contributed by atoms with Crippen molar-refractivity contribution in [3.05, 3.63) is 120 Å². The molecule has 0 aromatic heterocycles. The lowest BCUT2D eigenvalue weighted by Crippen LogP contribution is -2.56. The predicted octanol–water partition coefficient (Wildman–Crippen LogP) is 6.19. The van der Waals surface area contributed by atoms with E-state index < -0.39 is 47.2 Å². The topological polar surface area (TPSA) is 175 Å². The molecule has 4 atom stereocenters. The molecule has 302 valence electrons. The van der Waals surface area contributed by atoms with E-state index in [1.54, 1.807) is 86.6 Å². The van der Waals surface area contributed by atoms with E-state index in [1.165, 1.54) is 24.0 Å². The number of nitrogens with one attached hydrogen (secondary N) is 4. The van der Waals surface area contributed by atoms with Gasteiger partial charge >= 0.3 is 12.2 Å². The second kappa shape index (κ2) is 17.6. The number of alkyl carbamates (subject to hydrolysis) is 2. The van der Waals surface area contributed by atoms with E-state index >= 15 is 0 Å². The first-order valence-electron chi connectivity index (χ1n) is 19.1. The van der Waals surface area contributed by atoms with Crippen molar-refractivity contribution in [2.75, 3.05) is 37.9 Å². The molecule has 2 fully saturated rings. The molecule has 2 saturated heterocycles. The average Bonchev–Trinajstić information content (AvgIpc) is 3.86. The molecule has 4 N–H and O–H groups in total. The van der Waals surface area contributed by atoms with Crippen molar-refractivity contribution in [1.29, 1.82) is 0 Å². The number of amides is 6. The molecular formula is C44H48N6O8. The minimum Gasteiger partial charge on any atom is -0.453 e. The van der Waals surface area contributed by atoms with Gasteiger partial charge < -0.3 is 40.5 Å². The summed E-state index contributed by atoms with van der Waals surface area (Å²) in [5.74, 6) is -1.51. The van der Waals surface area contributed by atoms with Gasteiger partial charge in [0.05, 0.1) is 14.2 Å². The van der Waals surface area contributed by atoms with Gasteiger partial charge in [-0.1, -0.05) is 84.9 Å². The Morgan fingerprint density at radius 1 is 0.534 bits per heavy atom. The number of rotatable bonds is 11. The Kier molecular flexibility index (Phi) is 12.4. The normalized spacial score (nSPS) is 19.7. The molecule has 58 heavy (non-hydrogen) atoms. The molecule has 0 unspecified atom stereocenters. The van der Waals surface area contributed by atoms with E-state index in [0.717, 1.165) is 11.1 Å². The number of hydrogen-bond acceptors (Lipinski definition) is 8. The zero-order valence-corrected chi connectivity index (χ0v) is 33.0. The average molecular weight is 789 g/mol. The Morgan fingerprint density at radius 2 is 0.879 bits per heavy atom. The zero-order valence-electron chi connectivity index (χ0n) is 33.0. The van der Waals surface area contributed by atoms with Gasteiger partial charge in [0.15, 0.2) is 0 Å². The van der Waals surface area contributed by atoms with Gasteiger partial charge in [-0.05, 0) is 86.1 Å². The fraction of sp³-hybridized carbons (Fsp3) is 0.318. The van der Waals surface area contributed by atoms with Gasteiger partial charge in [-0.2, -0.15) is 0 Å². The van der Waals surface area contributed by atoms with E-state index in [2.05, 4.69) is 21.3 Å². The monoisotopic (exact) mass is 788 g/mol. The summed E-state index contributed by atoms with van der Waals surface area (Å²) in [4.78, 5) is 82.9. The number of likely N-dealkylation sites (tertiary alicyclic amines) is 2. The molecule has 0 bridgehead atoms. The van der Waals surface area contributed by atoms with E-state index in [0.29, 0.717) is 61.3 Å². The Morgan fingerprint density at radius 3 is 1.21 bits per heavy atom. The van der Waals surface area contributed by atoms with Crippen molar-refractivity contribution in [3.63, 3.8) is 0 Å².